The van der Waals surface area contributed by atoms with Gasteiger partial charge in [-0.15, -0.1) is 11.6 Å². The smallest absolute Gasteiger partial charge is 0.269 e. The van der Waals surface area contributed by atoms with E-state index >= 15 is 0 Å². The van der Waals surface area contributed by atoms with Gasteiger partial charge in [-0.25, -0.2) is 4.39 Å². The Morgan fingerprint density at radius 1 is 0.695 bits per heavy atom. The van der Waals surface area contributed by atoms with Gasteiger partial charge in [0.1, 0.15) is 12.2 Å². The number of nitro groups is 3. The predicted octanol–water partition coefficient (Wildman–Crippen LogP) is 7.18. The summed E-state index contributed by atoms with van der Waals surface area (Å²) in [6, 6.07) is 34.6. The molecule has 0 aliphatic carbocycles. The van der Waals surface area contributed by atoms with Gasteiger partial charge in [-0.3, -0.25) is 45.1 Å². The molecule has 2 heterocycles. The third kappa shape index (κ3) is 16.7. The first-order valence-corrected chi connectivity index (χ1v) is 16.8. The Morgan fingerprint density at radius 2 is 1.12 bits per heavy atom. The van der Waals surface area contributed by atoms with Gasteiger partial charge in [0.25, 0.3) is 17.1 Å². The van der Waals surface area contributed by atoms with E-state index in [-0.39, 0.29) is 29.9 Å². The third-order valence-corrected chi connectivity index (χ3v) is 7.38. The largest absolute Gasteiger partial charge is 0.368 e. The third-order valence-electron chi connectivity index (χ3n) is 7.11. The van der Waals surface area contributed by atoms with Crippen molar-refractivity contribution in [3.05, 3.63) is 180 Å². The quantitative estimate of drug-likeness (QED) is 0.0874. The minimum atomic E-state index is -1.62. The number of pyridine rings is 2. The fourth-order valence-electron chi connectivity index (χ4n) is 4.17. The molecule has 20 heteroatoms. The summed E-state index contributed by atoms with van der Waals surface area (Å²) in [5.41, 5.74) is 5.77. The minimum Gasteiger partial charge on any atom is -0.368 e. The average molecular weight is 818 g/mol. The summed E-state index contributed by atoms with van der Waals surface area (Å²) >= 11 is 5.46. The molecule has 59 heavy (non-hydrogen) atoms. The highest BCUT2D eigenvalue weighted by Gasteiger charge is 2.40. The van der Waals surface area contributed by atoms with E-state index in [4.69, 9.17) is 38.4 Å². The van der Waals surface area contributed by atoms with Crippen LogP contribution in [0.4, 0.5) is 21.5 Å². The van der Waals surface area contributed by atoms with Crippen LogP contribution in [0.25, 0.3) is 0 Å². The van der Waals surface area contributed by atoms with E-state index in [9.17, 15) is 44.8 Å². The summed E-state index contributed by atoms with van der Waals surface area (Å²) in [4.78, 5) is 49.3. The molecule has 0 spiro atoms. The molecular formula is C39H29ClFN11O7. The molecule has 2 N–H and O–H groups in total. The number of benzene rings is 3. The molecule has 296 valence electrons. The van der Waals surface area contributed by atoms with E-state index in [2.05, 4.69) is 9.97 Å². The molecule has 0 saturated heterocycles. The number of nitriles is 5. The number of carbonyl (C=O) groups excluding carboxylic acids is 1. The molecular weight excluding hydrogens is 789 g/mol. The molecule has 0 aliphatic heterocycles. The number of amides is 1. The van der Waals surface area contributed by atoms with Crippen LogP contribution in [0.15, 0.2) is 122 Å². The van der Waals surface area contributed by atoms with Crippen LogP contribution in [0.1, 0.15) is 34.9 Å². The summed E-state index contributed by atoms with van der Waals surface area (Å²) in [6.07, 6.45) is 3.28. The number of hydrogen-bond donors (Lipinski definition) is 1. The van der Waals surface area contributed by atoms with Gasteiger partial charge in [-0.1, -0.05) is 24.3 Å². The van der Waals surface area contributed by atoms with Gasteiger partial charge in [0.05, 0.1) is 56.7 Å². The highest BCUT2D eigenvalue weighted by molar-refractivity contribution is 6.16. The van der Waals surface area contributed by atoms with E-state index in [0.29, 0.717) is 22.7 Å². The number of nitrogens with zero attached hydrogens (tertiary/aromatic N) is 10. The lowest BCUT2D eigenvalue weighted by Gasteiger charge is -2.23. The molecule has 2 aromatic heterocycles. The molecule has 0 aliphatic rings. The zero-order chi connectivity index (χ0) is 44.2. The number of primary amides is 1. The monoisotopic (exact) mass is 817 g/mol. The lowest BCUT2D eigenvalue weighted by Crippen LogP contribution is -2.42. The van der Waals surface area contributed by atoms with Gasteiger partial charge in [-0.2, -0.15) is 26.3 Å². The molecule has 1 amide bonds. The van der Waals surface area contributed by atoms with Crippen molar-refractivity contribution < 1.29 is 24.0 Å². The molecule has 1 unspecified atom stereocenters. The molecule has 18 nitrogen and oxygen atoms in total. The first-order valence-electron chi connectivity index (χ1n) is 16.2. The number of alkyl halides is 1. The summed E-state index contributed by atoms with van der Waals surface area (Å²) in [5.74, 6) is -1.66. The van der Waals surface area contributed by atoms with Crippen molar-refractivity contribution in [3.8, 4) is 30.3 Å². The fraction of sp³-hybridized carbons (Fsp3) is 0.128. The van der Waals surface area contributed by atoms with Crippen LogP contribution < -0.4 is 5.73 Å². The second-order valence-electron chi connectivity index (χ2n) is 10.9. The average Bonchev–Trinajstić information content (AvgIpc) is 3.25. The van der Waals surface area contributed by atoms with Crippen molar-refractivity contribution >= 4 is 34.6 Å². The van der Waals surface area contributed by atoms with Gasteiger partial charge in [0, 0.05) is 60.9 Å². The van der Waals surface area contributed by atoms with Crippen molar-refractivity contribution in [2.75, 3.05) is 0 Å². The Hall–Kier alpha value is -8.70. The van der Waals surface area contributed by atoms with Gasteiger partial charge in [0.15, 0.2) is 11.3 Å². The topological polar surface area (TPSA) is 317 Å². The van der Waals surface area contributed by atoms with E-state index < -0.39 is 37.8 Å². The van der Waals surface area contributed by atoms with Gasteiger partial charge >= 0.3 is 0 Å². The zero-order valence-corrected chi connectivity index (χ0v) is 31.2. The van der Waals surface area contributed by atoms with E-state index in [0.717, 1.165) is 30.0 Å². The number of aromatic nitrogens is 2. The van der Waals surface area contributed by atoms with Crippen molar-refractivity contribution in [2.45, 2.75) is 30.1 Å². The minimum absolute atomic E-state index is 0. The van der Waals surface area contributed by atoms with Crippen molar-refractivity contribution in [1.82, 2.24) is 9.97 Å². The lowest BCUT2D eigenvalue weighted by molar-refractivity contribution is -0.385. The number of non-ortho nitro benzene ring substituents is 3. The van der Waals surface area contributed by atoms with Crippen LogP contribution in [0.5, 0.6) is 0 Å². The van der Waals surface area contributed by atoms with Crippen molar-refractivity contribution in [2.24, 2.45) is 5.73 Å². The van der Waals surface area contributed by atoms with Crippen molar-refractivity contribution in [1.29, 1.82) is 26.3 Å². The van der Waals surface area contributed by atoms with Gasteiger partial charge in [-0.05, 0) is 59.7 Å². The standard InChI is InChI=1S/C15H12N4O3.C9H5N3O2.C6H6ClN.C6H4FNO2.C3H2N2/c16-10-15(14(17)20,9-12-3-1-2-8-18-12)11-4-6-13(7-5-11)19(21)22;10-5-8(6-11)7-1-3-9(4-2-7)12(13)14;7-5-6-3-1-2-4-8-6;7-5-1-3-6(4-2-5)8(9)10;4-2-1-3-5/h1-8H,9H2,(H2,17,20);1-4,8H;1-4H,5H2;1-4H;1H2. The normalized spacial score (nSPS) is 10.1. The Morgan fingerprint density at radius 3 is 1.42 bits per heavy atom. The SMILES string of the molecule is ClCc1ccccn1.N#CC(C#N)c1ccc([N+](=O)[O-])cc1.N#CC(Cc1ccccn1)(C(N)=O)c1ccc([N+](=O)[O-])cc1.N#CCC#N.O=[N+]([O-])c1ccc(F)cc1. The van der Waals surface area contributed by atoms with Crippen LogP contribution in [0.2, 0.25) is 0 Å². The second kappa shape index (κ2) is 26.2. The summed E-state index contributed by atoms with van der Waals surface area (Å²) in [6.45, 7) is 0. The number of nitro benzene ring substituents is 3. The first kappa shape index (κ1) is 48.3. The Labute approximate surface area is 340 Å². The maximum atomic E-state index is 12.1. The van der Waals surface area contributed by atoms with Crippen LogP contribution in [-0.4, -0.2) is 30.6 Å². The highest BCUT2D eigenvalue weighted by atomic mass is 35.5. The first-order chi connectivity index (χ1) is 28.2. The summed E-state index contributed by atoms with van der Waals surface area (Å²) in [7, 11) is 0. The molecule has 0 fully saturated rings. The second-order valence-corrected chi connectivity index (χ2v) is 11.2. The Balaban J connectivity index is 0.000000403. The molecule has 3 aromatic carbocycles. The molecule has 5 rings (SSSR count). The lowest BCUT2D eigenvalue weighted by atomic mass is 9.77. The maximum Gasteiger partial charge on any atom is 0.269 e. The zero-order valence-electron chi connectivity index (χ0n) is 30.4. The Kier molecular flexibility index (Phi) is 21.4. The van der Waals surface area contributed by atoms with E-state index in [1.807, 2.05) is 24.3 Å². The molecule has 1 atom stereocenters. The van der Waals surface area contributed by atoms with E-state index in [1.165, 1.54) is 48.5 Å². The van der Waals surface area contributed by atoms with Gasteiger partial charge in [0.2, 0.25) is 5.91 Å². The molecule has 0 saturated carbocycles. The van der Waals surface area contributed by atoms with Crippen LogP contribution in [-0.2, 0) is 22.5 Å². The van der Waals surface area contributed by atoms with Crippen LogP contribution >= 0.6 is 11.6 Å². The van der Waals surface area contributed by atoms with Crippen LogP contribution in [0, 0.1) is 92.8 Å². The number of nitrogens with two attached hydrogens (primary N) is 1. The van der Waals surface area contributed by atoms with Gasteiger partial charge < -0.3 is 5.73 Å². The summed E-state index contributed by atoms with van der Waals surface area (Å²) < 4.78 is 12.1. The molecule has 0 bridgehead atoms. The van der Waals surface area contributed by atoms with Crippen molar-refractivity contribution in [3.63, 3.8) is 0 Å². The highest BCUT2D eigenvalue weighted by Crippen LogP contribution is 2.29. The molecule has 5 aromatic rings. The predicted molar refractivity (Wildman–Crippen MR) is 207 cm³/mol. The maximum absolute atomic E-state index is 12.1. The summed E-state index contributed by atoms with van der Waals surface area (Å²) in [5, 5.41) is 72.8. The van der Waals surface area contributed by atoms with E-state index in [1.54, 1.807) is 54.9 Å². The molecule has 0 radical (unpaired) electrons. The number of rotatable bonds is 9. The number of carbonyl (C=O) groups is 1. The Bertz CT molecular complexity index is 2330. The number of halogens is 2. The fourth-order valence-corrected chi connectivity index (χ4v) is 4.33. The number of hydrogen-bond acceptors (Lipinski definition) is 14. The van der Waals surface area contributed by atoms with Crippen LogP contribution in [0.3, 0.4) is 0 Å².